The molecule has 0 saturated carbocycles. The number of rotatable bonds is 8. The Morgan fingerprint density at radius 2 is 2.00 bits per heavy atom. The van der Waals surface area contributed by atoms with Gasteiger partial charge >= 0.3 is 6.09 Å². The summed E-state index contributed by atoms with van der Waals surface area (Å²) in [5.74, 6) is 0.681. The lowest BCUT2D eigenvalue weighted by Gasteiger charge is -2.22. The Balaban J connectivity index is 1.27. The maximum absolute atomic E-state index is 13.5. The van der Waals surface area contributed by atoms with Crippen LogP contribution in [0.4, 0.5) is 10.5 Å². The summed E-state index contributed by atoms with van der Waals surface area (Å²) in [6, 6.07) is 15.9. The third-order valence-electron chi connectivity index (χ3n) is 7.47. The Bertz CT molecular complexity index is 1800. The molecule has 1 aliphatic rings. The van der Waals surface area contributed by atoms with Gasteiger partial charge in [-0.25, -0.2) is 9.78 Å². The molecule has 0 saturated heterocycles. The van der Waals surface area contributed by atoms with Gasteiger partial charge in [-0.05, 0) is 77.7 Å². The van der Waals surface area contributed by atoms with E-state index in [9.17, 15) is 14.7 Å². The number of nitrogens with zero attached hydrogens (tertiary/aromatic N) is 7. The quantitative estimate of drug-likeness (QED) is 0.269. The van der Waals surface area contributed by atoms with Crippen LogP contribution in [0.1, 0.15) is 30.9 Å². The number of anilines is 1. The second-order valence-electron chi connectivity index (χ2n) is 10.1. The molecule has 6 rings (SSSR count). The van der Waals surface area contributed by atoms with Crippen molar-refractivity contribution in [3.8, 4) is 28.1 Å². The minimum Gasteiger partial charge on any atom is -0.465 e. The second kappa shape index (κ2) is 11.2. The predicted molar refractivity (Wildman–Crippen MR) is 156 cm³/mol. The molecule has 13 heteroatoms. The van der Waals surface area contributed by atoms with E-state index in [4.69, 9.17) is 16.3 Å². The molecule has 1 amide bonds. The highest BCUT2D eigenvalue weighted by atomic mass is 35.5. The number of imidazole rings is 1. The Morgan fingerprint density at radius 1 is 1.19 bits per heavy atom. The van der Waals surface area contributed by atoms with E-state index in [0.29, 0.717) is 35.1 Å². The van der Waals surface area contributed by atoms with Crippen molar-refractivity contribution >= 4 is 23.4 Å². The van der Waals surface area contributed by atoms with Gasteiger partial charge in [-0.1, -0.05) is 23.7 Å². The van der Waals surface area contributed by atoms with Crippen LogP contribution >= 0.6 is 11.6 Å². The number of aromatic amines is 1. The molecule has 12 nitrogen and oxygen atoms in total. The normalized spacial score (nSPS) is 15.0. The number of ether oxygens (including phenoxy) is 1. The highest BCUT2D eigenvalue weighted by Crippen LogP contribution is 2.34. The van der Waals surface area contributed by atoms with Gasteiger partial charge in [0.1, 0.15) is 12.2 Å². The molecular weight excluding hydrogens is 560 g/mol. The Morgan fingerprint density at radius 3 is 2.71 bits per heavy atom. The minimum absolute atomic E-state index is 0.144. The van der Waals surface area contributed by atoms with E-state index in [-0.39, 0.29) is 24.2 Å². The fourth-order valence-corrected chi connectivity index (χ4v) is 5.49. The zero-order valence-electron chi connectivity index (χ0n) is 22.8. The highest BCUT2D eigenvalue weighted by molar-refractivity contribution is 6.31. The van der Waals surface area contributed by atoms with Gasteiger partial charge in [0.2, 0.25) is 0 Å². The summed E-state index contributed by atoms with van der Waals surface area (Å²) in [7, 11) is 1.55. The van der Waals surface area contributed by atoms with E-state index in [1.165, 1.54) is 15.9 Å². The third kappa shape index (κ3) is 5.17. The molecule has 0 aliphatic carbocycles. The van der Waals surface area contributed by atoms with Crippen molar-refractivity contribution < 1.29 is 14.6 Å². The maximum atomic E-state index is 13.5. The first kappa shape index (κ1) is 27.4. The molecule has 4 heterocycles. The molecule has 2 atom stereocenters. The summed E-state index contributed by atoms with van der Waals surface area (Å²) < 4.78 is 8.54. The van der Waals surface area contributed by atoms with Crippen molar-refractivity contribution in [2.24, 2.45) is 0 Å². The summed E-state index contributed by atoms with van der Waals surface area (Å²) in [5.41, 5.74) is 5.11. The number of H-pyrrole nitrogens is 1. The van der Waals surface area contributed by atoms with E-state index in [1.807, 2.05) is 31.2 Å². The van der Waals surface area contributed by atoms with Crippen LogP contribution in [0.3, 0.4) is 0 Å². The van der Waals surface area contributed by atoms with E-state index in [0.717, 1.165) is 28.1 Å². The molecule has 2 aromatic carbocycles. The van der Waals surface area contributed by atoms with Gasteiger partial charge in [-0.3, -0.25) is 9.69 Å². The Labute approximate surface area is 245 Å². The minimum atomic E-state index is -1.05. The number of fused-ring (bicyclic) bond motifs is 1. The Hall–Kier alpha value is -4.81. The molecule has 214 valence electrons. The second-order valence-corrected chi connectivity index (χ2v) is 10.5. The summed E-state index contributed by atoms with van der Waals surface area (Å²) in [6.45, 7) is 2.03. The molecule has 0 fully saturated rings. The summed E-state index contributed by atoms with van der Waals surface area (Å²) in [4.78, 5) is 34.5. The predicted octanol–water partition coefficient (Wildman–Crippen LogP) is 4.59. The van der Waals surface area contributed by atoms with Crippen molar-refractivity contribution in [3.63, 3.8) is 0 Å². The number of hydrogen-bond donors (Lipinski definition) is 2. The van der Waals surface area contributed by atoms with Crippen molar-refractivity contribution in [1.29, 1.82) is 0 Å². The lowest BCUT2D eigenvalue weighted by Crippen LogP contribution is -2.36. The fraction of sp³-hybridized carbons (Fsp3) is 0.241. The fourth-order valence-electron chi connectivity index (χ4n) is 5.32. The molecule has 0 bridgehead atoms. The topological polar surface area (TPSA) is 144 Å². The van der Waals surface area contributed by atoms with Crippen molar-refractivity contribution in [2.45, 2.75) is 31.9 Å². The van der Waals surface area contributed by atoms with Gasteiger partial charge in [0.05, 0.1) is 36.3 Å². The van der Waals surface area contributed by atoms with Crippen LogP contribution in [0.5, 0.6) is 0 Å². The van der Waals surface area contributed by atoms with E-state index >= 15 is 0 Å². The van der Waals surface area contributed by atoms with Gasteiger partial charge in [0.15, 0.2) is 0 Å². The van der Waals surface area contributed by atoms with Gasteiger partial charge < -0.3 is 19.4 Å². The standard InChI is InChI=1S/C29H27ClN8O4/c1-17(42-2)15-36(29(40)41)21-6-3-18(4-7-21)24-14-31-28(33-24)26-10-8-22-11-19(12-27(39)38(22)26)23-13-20(30)5-9-25(23)37-16-32-34-35-37/h3-7,9,11-14,16-17,26H,8,10,15H2,1-2H3,(H,31,33)(H,40,41)/t17?,26-/m0/s1. The van der Waals surface area contributed by atoms with Crippen molar-refractivity contribution in [1.82, 2.24) is 34.7 Å². The van der Waals surface area contributed by atoms with Gasteiger partial charge in [-0.2, -0.15) is 4.68 Å². The number of carboxylic acid groups (broad SMARTS) is 1. The third-order valence-corrected chi connectivity index (χ3v) is 7.71. The molecular formula is C29H27ClN8O4. The average molecular weight is 587 g/mol. The van der Waals surface area contributed by atoms with E-state index in [1.54, 1.807) is 48.2 Å². The van der Waals surface area contributed by atoms with Crippen LogP contribution in [0, 0.1) is 0 Å². The number of methoxy groups -OCH3 is 1. The number of halogens is 1. The number of nitrogens with one attached hydrogen (secondary N) is 1. The van der Waals surface area contributed by atoms with Gasteiger partial charge in [0.25, 0.3) is 5.56 Å². The number of tetrazole rings is 1. The van der Waals surface area contributed by atoms with Gasteiger partial charge in [0, 0.05) is 35.1 Å². The molecule has 42 heavy (non-hydrogen) atoms. The highest BCUT2D eigenvalue weighted by Gasteiger charge is 2.28. The van der Waals surface area contributed by atoms with E-state index < -0.39 is 6.09 Å². The number of benzene rings is 2. The van der Waals surface area contributed by atoms with Crippen LogP contribution in [-0.2, 0) is 11.2 Å². The van der Waals surface area contributed by atoms with Crippen LogP contribution in [0.15, 0.2) is 71.9 Å². The smallest absolute Gasteiger partial charge is 0.411 e. The number of hydrogen-bond acceptors (Lipinski definition) is 7. The zero-order valence-corrected chi connectivity index (χ0v) is 23.6. The lowest BCUT2D eigenvalue weighted by molar-refractivity contribution is 0.121. The number of aromatic nitrogens is 7. The summed E-state index contributed by atoms with van der Waals surface area (Å²) in [5, 5.41) is 21.6. The molecule has 0 spiro atoms. The van der Waals surface area contributed by atoms with Crippen molar-refractivity contribution in [3.05, 3.63) is 94.0 Å². The first-order valence-corrected chi connectivity index (χ1v) is 13.7. The maximum Gasteiger partial charge on any atom is 0.411 e. The van der Waals surface area contributed by atoms with Crippen LogP contribution in [0.2, 0.25) is 5.02 Å². The molecule has 1 aliphatic heterocycles. The lowest BCUT2D eigenvalue weighted by atomic mass is 10.0. The molecule has 2 N–H and O–H groups in total. The number of amides is 1. The first-order valence-electron chi connectivity index (χ1n) is 13.3. The average Bonchev–Trinajstić information content (AvgIpc) is 3.77. The largest absolute Gasteiger partial charge is 0.465 e. The monoisotopic (exact) mass is 586 g/mol. The molecule has 1 unspecified atom stereocenters. The summed E-state index contributed by atoms with van der Waals surface area (Å²) >= 11 is 6.31. The van der Waals surface area contributed by atoms with Crippen LogP contribution in [-0.4, -0.2) is 65.7 Å². The first-order chi connectivity index (χ1) is 20.3. The van der Waals surface area contributed by atoms with Crippen LogP contribution in [0.25, 0.3) is 28.1 Å². The van der Waals surface area contributed by atoms with Gasteiger partial charge in [-0.15, -0.1) is 5.10 Å². The number of aryl methyl sites for hydroxylation is 1. The zero-order chi connectivity index (χ0) is 29.4. The van der Waals surface area contributed by atoms with E-state index in [2.05, 4.69) is 25.5 Å². The van der Waals surface area contributed by atoms with Crippen LogP contribution < -0.4 is 10.5 Å². The Kier molecular flexibility index (Phi) is 7.31. The van der Waals surface area contributed by atoms with Crippen molar-refractivity contribution in [2.75, 3.05) is 18.6 Å². The molecule has 0 radical (unpaired) electrons. The molecule has 5 aromatic rings. The number of pyridine rings is 1. The number of carbonyl (C=O) groups is 1. The SMILES string of the molecule is COC(C)CN(C(=O)O)c1ccc(-c2cnc([C@@H]3CCc4cc(-c5cc(Cl)ccc5-n5cnnn5)cc(=O)n43)[nH]2)cc1. The molecule has 3 aromatic heterocycles. The summed E-state index contributed by atoms with van der Waals surface area (Å²) in [6.07, 6.45) is 3.34.